The molecular formula is C24H19N3O4. The molecule has 7 heteroatoms. The van der Waals surface area contributed by atoms with Gasteiger partial charge in [-0.15, -0.1) is 5.10 Å². The lowest BCUT2D eigenvalue weighted by molar-refractivity contribution is 0.0462. The summed E-state index contributed by atoms with van der Waals surface area (Å²) in [6.45, 7) is -0.424. The molecule has 1 heterocycles. The predicted octanol–water partition coefficient (Wildman–Crippen LogP) is 3.98. The lowest BCUT2D eigenvalue weighted by Crippen LogP contribution is -2.15. The van der Waals surface area contributed by atoms with Crippen LogP contribution in [0.1, 0.15) is 21.0 Å². The molecule has 0 aliphatic carbocycles. The van der Waals surface area contributed by atoms with Gasteiger partial charge in [0.1, 0.15) is 5.75 Å². The number of methoxy groups -OCH3 is 1. The average molecular weight is 413 g/mol. The number of nitrogens with zero attached hydrogens (tertiary/aromatic N) is 3. The molecule has 0 aliphatic heterocycles. The fraction of sp³-hybridized carbons (Fsp3) is 0.0833. The number of hydrogen-bond donors (Lipinski definition) is 0. The van der Waals surface area contributed by atoms with Crippen LogP contribution < -0.4 is 4.74 Å². The highest BCUT2D eigenvalue weighted by Crippen LogP contribution is 2.21. The molecule has 3 aromatic carbocycles. The van der Waals surface area contributed by atoms with E-state index in [-0.39, 0.29) is 11.6 Å². The second kappa shape index (κ2) is 9.04. The van der Waals surface area contributed by atoms with Crippen LogP contribution in [-0.4, -0.2) is 40.2 Å². The molecule has 154 valence electrons. The first-order chi connectivity index (χ1) is 15.2. The summed E-state index contributed by atoms with van der Waals surface area (Å²) in [6.07, 6.45) is 0. The summed E-state index contributed by atoms with van der Waals surface area (Å²) in [5.41, 5.74) is 1.94. The van der Waals surface area contributed by atoms with Gasteiger partial charge < -0.3 is 9.47 Å². The molecular weight excluding hydrogens is 394 g/mol. The minimum atomic E-state index is -0.775. The Hall–Kier alpha value is -4.26. The summed E-state index contributed by atoms with van der Waals surface area (Å²) in [5, 5.41) is 4.33. The van der Waals surface area contributed by atoms with Gasteiger partial charge in [-0.2, -0.15) is 0 Å². The minimum Gasteiger partial charge on any atom is -0.497 e. The predicted molar refractivity (Wildman–Crippen MR) is 114 cm³/mol. The fourth-order valence-electron chi connectivity index (χ4n) is 3.00. The number of Topliss-reactive ketones (excluding diaryl/α,β-unsaturated/α-hetero) is 1. The van der Waals surface area contributed by atoms with Gasteiger partial charge in [0.2, 0.25) is 0 Å². The molecule has 0 N–H and O–H groups in total. The number of carbonyl (C=O) groups is 2. The lowest BCUT2D eigenvalue weighted by Gasteiger charge is -2.05. The molecule has 0 saturated heterocycles. The Kier molecular flexibility index (Phi) is 5.84. The van der Waals surface area contributed by atoms with E-state index >= 15 is 0 Å². The molecule has 0 amide bonds. The first-order valence-electron chi connectivity index (χ1n) is 9.58. The molecule has 0 radical (unpaired) electrons. The van der Waals surface area contributed by atoms with Crippen molar-refractivity contribution in [1.29, 1.82) is 0 Å². The van der Waals surface area contributed by atoms with Gasteiger partial charge >= 0.3 is 5.97 Å². The Balaban J connectivity index is 1.57. The Bertz CT molecular complexity index is 1150. The van der Waals surface area contributed by atoms with Crippen LogP contribution in [0.25, 0.3) is 17.1 Å². The van der Waals surface area contributed by atoms with Crippen molar-refractivity contribution in [1.82, 2.24) is 14.8 Å². The van der Waals surface area contributed by atoms with E-state index in [0.717, 1.165) is 11.3 Å². The smallest absolute Gasteiger partial charge is 0.378 e. The Morgan fingerprint density at radius 3 is 2.32 bits per heavy atom. The molecule has 0 atom stereocenters. The van der Waals surface area contributed by atoms with Crippen LogP contribution in [0.15, 0.2) is 84.9 Å². The SMILES string of the molecule is COc1cccc(C(=O)COC(=O)c2nc(-c3ccccc3)n(-c3ccccc3)n2)c1. The summed E-state index contributed by atoms with van der Waals surface area (Å²) in [4.78, 5) is 29.4. The van der Waals surface area contributed by atoms with Crippen LogP contribution in [0.4, 0.5) is 0 Å². The summed E-state index contributed by atoms with van der Waals surface area (Å²) >= 11 is 0. The van der Waals surface area contributed by atoms with E-state index in [9.17, 15) is 9.59 Å². The molecule has 0 aliphatic rings. The maximum atomic E-state index is 12.6. The number of ketones is 1. The monoisotopic (exact) mass is 413 g/mol. The van der Waals surface area contributed by atoms with E-state index in [1.807, 2.05) is 60.7 Å². The first-order valence-corrected chi connectivity index (χ1v) is 9.58. The van der Waals surface area contributed by atoms with Gasteiger partial charge in [0, 0.05) is 11.1 Å². The van der Waals surface area contributed by atoms with E-state index in [2.05, 4.69) is 10.1 Å². The lowest BCUT2D eigenvalue weighted by atomic mass is 10.1. The van der Waals surface area contributed by atoms with Crippen molar-refractivity contribution >= 4 is 11.8 Å². The average Bonchev–Trinajstić information content (AvgIpc) is 3.29. The topological polar surface area (TPSA) is 83.3 Å². The minimum absolute atomic E-state index is 0.124. The molecule has 4 aromatic rings. The number of benzene rings is 3. The van der Waals surface area contributed by atoms with Crippen molar-refractivity contribution in [2.45, 2.75) is 0 Å². The Labute approximate surface area is 178 Å². The third kappa shape index (κ3) is 4.51. The van der Waals surface area contributed by atoms with E-state index in [1.54, 1.807) is 28.9 Å². The van der Waals surface area contributed by atoms with Crippen LogP contribution in [0, 0.1) is 0 Å². The first kappa shape index (κ1) is 20.0. The van der Waals surface area contributed by atoms with Crippen molar-refractivity contribution in [3.8, 4) is 22.8 Å². The summed E-state index contributed by atoms with van der Waals surface area (Å²) in [5.74, 6) is -0.201. The number of para-hydroxylation sites is 1. The highest BCUT2D eigenvalue weighted by atomic mass is 16.5. The normalized spacial score (nSPS) is 10.5. The van der Waals surface area contributed by atoms with Gasteiger partial charge in [0.05, 0.1) is 12.8 Å². The van der Waals surface area contributed by atoms with Gasteiger partial charge in [0.15, 0.2) is 18.2 Å². The van der Waals surface area contributed by atoms with Crippen LogP contribution in [0.3, 0.4) is 0 Å². The molecule has 0 fully saturated rings. The molecule has 0 unspecified atom stereocenters. The third-order valence-corrected chi connectivity index (χ3v) is 4.55. The highest BCUT2D eigenvalue weighted by molar-refractivity contribution is 5.99. The highest BCUT2D eigenvalue weighted by Gasteiger charge is 2.21. The second-order valence-corrected chi connectivity index (χ2v) is 6.60. The zero-order valence-corrected chi connectivity index (χ0v) is 16.8. The van der Waals surface area contributed by atoms with Crippen molar-refractivity contribution in [2.24, 2.45) is 0 Å². The molecule has 0 bridgehead atoms. The maximum Gasteiger partial charge on any atom is 0.378 e. The van der Waals surface area contributed by atoms with Crippen LogP contribution in [0.2, 0.25) is 0 Å². The second-order valence-electron chi connectivity index (χ2n) is 6.60. The molecule has 0 saturated carbocycles. The summed E-state index contributed by atoms with van der Waals surface area (Å²) in [6, 6.07) is 25.4. The number of ether oxygens (including phenoxy) is 2. The molecule has 4 rings (SSSR count). The molecule has 31 heavy (non-hydrogen) atoms. The van der Waals surface area contributed by atoms with Gasteiger partial charge in [0.25, 0.3) is 5.82 Å². The van der Waals surface area contributed by atoms with Crippen molar-refractivity contribution in [3.05, 3.63) is 96.3 Å². The number of carbonyl (C=O) groups excluding carboxylic acids is 2. The van der Waals surface area contributed by atoms with E-state index < -0.39 is 12.6 Å². The quantitative estimate of drug-likeness (QED) is 0.337. The summed E-state index contributed by atoms with van der Waals surface area (Å²) < 4.78 is 11.9. The van der Waals surface area contributed by atoms with Crippen LogP contribution in [-0.2, 0) is 4.74 Å². The van der Waals surface area contributed by atoms with E-state index in [1.165, 1.54) is 7.11 Å². The van der Waals surface area contributed by atoms with Crippen molar-refractivity contribution < 1.29 is 19.1 Å². The fourth-order valence-corrected chi connectivity index (χ4v) is 3.00. The maximum absolute atomic E-state index is 12.6. The standard InChI is InChI=1S/C24H19N3O4/c1-30-20-14-8-11-18(15-20)21(28)16-31-24(29)22-25-23(17-9-4-2-5-10-17)27(26-22)19-12-6-3-7-13-19/h2-15H,16H2,1H3. The van der Waals surface area contributed by atoms with Crippen LogP contribution >= 0.6 is 0 Å². The number of esters is 1. The molecule has 0 spiro atoms. The third-order valence-electron chi connectivity index (χ3n) is 4.55. The van der Waals surface area contributed by atoms with Crippen molar-refractivity contribution in [3.63, 3.8) is 0 Å². The van der Waals surface area contributed by atoms with E-state index in [0.29, 0.717) is 17.1 Å². The Morgan fingerprint density at radius 2 is 1.61 bits per heavy atom. The van der Waals surface area contributed by atoms with Crippen LogP contribution in [0.5, 0.6) is 5.75 Å². The van der Waals surface area contributed by atoms with Crippen molar-refractivity contribution in [2.75, 3.05) is 13.7 Å². The number of aromatic nitrogens is 3. The largest absolute Gasteiger partial charge is 0.497 e. The van der Waals surface area contributed by atoms with Gasteiger partial charge in [-0.1, -0.05) is 60.7 Å². The zero-order valence-electron chi connectivity index (χ0n) is 16.8. The van der Waals surface area contributed by atoms with Gasteiger partial charge in [-0.25, -0.2) is 14.5 Å². The molecule has 1 aromatic heterocycles. The van der Waals surface area contributed by atoms with Gasteiger partial charge in [-0.05, 0) is 24.3 Å². The number of hydrogen-bond acceptors (Lipinski definition) is 6. The zero-order chi connectivity index (χ0) is 21.6. The van der Waals surface area contributed by atoms with E-state index in [4.69, 9.17) is 9.47 Å². The summed E-state index contributed by atoms with van der Waals surface area (Å²) in [7, 11) is 1.52. The Morgan fingerprint density at radius 1 is 0.903 bits per heavy atom. The molecule has 7 nitrogen and oxygen atoms in total. The number of rotatable bonds is 7. The van der Waals surface area contributed by atoms with Gasteiger partial charge in [-0.3, -0.25) is 4.79 Å².